The second-order valence-corrected chi connectivity index (χ2v) is 3.11. The molecule has 0 aliphatic heterocycles. The van der Waals surface area contributed by atoms with Crippen molar-refractivity contribution in [1.29, 1.82) is 0 Å². The summed E-state index contributed by atoms with van der Waals surface area (Å²) in [6, 6.07) is 9.45. The van der Waals surface area contributed by atoms with Crippen LogP contribution < -0.4 is 0 Å². The van der Waals surface area contributed by atoms with Gasteiger partial charge < -0.3 is 15.2 Å². The fraction of sp³-hybridized carbons (Fsp3) is 0.400. The van der Waals surface area contributed by atoms with Crippen molar-refractivity contribution < 1.29 is 14.9 Å². The first-order valence-electron chi connectivity index (χ1n) is 4.89. The number of hydrogen-bond acceptors (Lipinski definition) is 4. The van der Waals surface area contributed by atoms with Crippen LogP contribution in [0.1, 0.15) is 5.56 Å². The summed E-state index contributed by atoms with van der Waals surface area (Å²) in [6.07, 6.45) is 0. The predicted molar refractivity (Wildman–Crippen MR) is 57.0 cm³/mol. The van der Waals surface area contributed by atoms with E-state index in [9.17, 15) is 5.21 Å². The van der Waals surface area contributed by atoms with Crippen LogP contribution in [-0.4, -0.2) is 35.3 Å². The van der Waals surface area contributed by atoms with Crippen LogP contribution in [0.2, 0.25) is 0 Å². The third kappa shape index (κ3) is 3.74. The van der Waals surface area contributed by atoms with Gasteiger partial charge in [-0.2, -0.15) is 0 Å². The highest BCUT2D eigenvalue weighted by Crippen LogP contribution is 2.04. The van der Waals surface area contributed by atoms with Crippen molar-refractivity contribution in [2.24, 2.45) is 5.28 Å². The molecule has 16 heavy (non-hydrogen) atoms. The van der Waals surface area contributed by atoms with E-state index >= 15 is 0 Å². The minimum atomic E-state index is -0.120. The van der Waals surface area contributed by atoms with Gasteiger partial charge in [-0.15, -0.1) is 5.01 Å². The van der Waals surface area contributed by atoms with Gasteiger partial charge in [-0.05, 0) is 5.56 Å². The monoisotopic (exact) mass is 225 g/mol. The molecule has 0 aromatic heterocycles. The maximum atomic E-state index is 11.4. The number of benzene rings is 1. The summed E-state index contributed by atoms with van der Waals surface area (Å²) in [5, 5.41) is 24.8. The molecule has 6 heteroatoms. The lowest BCUT2D eigenvalue weighted by molar-refractivity contribution is -0.714. The molecule has 0 bridgehead atoms. The van der Waals surface area contributed by atoms with Gasteiger partial charge in [-0.25, -0.2) is 0 Å². The van der Waals surface area contributed by atoms with Crippen LogP contribution in [0.15, 0.2) is 35.6 Å². The Labute approximate surface area is 93.9 Å². The topological polar surface area (TPSA) is 71.1 Å². The number of hydrazine groups is 1. The van der Waals surface area contributed by atoms with E-state index in [4.69, 9.17) is 5.11 Å². The quantitative estimate of drug-likeness (QED) is 0.444. The fourth-order valence-electron chi connectivity index (χ4n) is 1.26. The van der Waals surface area contributed by atoms with Gasteiger partial charge in [0.2, 0.25) is 5.28 Å². The number of rotatable bonds is 6. The van der Waals surface area contributed by atoms with Crippen LogP contribution in [0.4, 0.5) is 0 Å². The number of aliphatic hydroxyl groups excluding tert-OH is 1. The number of nitrogens with zero attached hydrogens (tertiary/aromatic N) is 3. The molecule has 0 radical (unpaired) electrons. The van der Waals surface area contributed by atoms with Gasteiger partial charge >= 0.3 is 0 Å². The summed E-state index contributed by atoms with van der Waals surface area (Å²) < 4.78 is 0. The smallest absolute Gasteiger partial charge is 0.232 e. The minimum absolute atomic E-state index is 0.120. The van der Waals surface area contributed by atoms with Crippen LogP contribution in [0.5, 0.6) is 0 Å². The van der Waals surface area contributed by atoms with Crippen molar-refractivity contribution >= 4 is 0 Å². The molecule has 1 aromatic rings. The van der Waals surface area contributed by atoms with Crippen molar-refractivity contribution in [3.63, 3.8) is 0 Å². The maximum absolute atomic E-state index is 11.4. The highest BCUT2D eigenvalue weighted by Gasteiger charge is 2.12. The van der Waals surface area contributed by atoms with Gasteiger partial charge in [-0.3, -0.25) is 0 Å². The Bertz CT molecular complexity index is 329. The van der Waals surface area contributed by atoms with Crippen molar-refractivity contribution in [1.82, 2.24) is 5.01 Å². The Morgan fingerprint density at radius 1 is 1.44 bits per heavy atom. The van der Waals surface area contributed by atoms with Crippen molar-refractivity contribution in [2.75, 3.05) is 20.3 Å². The lowest BCUT2D eigenvalue weighted by Crippen LogP contribution is -2.32. The first-order chi connectivity index (χ1) is 7.77. The maximum Gasteiger partial charge on any atom is 0.232 e. The van der Waals surface area contributed by atoms with E-state index in [1.54, 1.807) is 0 Å². The minimum Gasteiger partial charge on any atom is -0.569 e. The number of hydrogen-bond donors (Lipinski definition) is 1. The third-order valence-electron chi connectivity index (χ3n) is 1.96. The molecule has 0 heterocycles. The van der Waals surface area contributed by atoms with Gasteiger partial charge in [0.15, 0.2) is 0 Å². The van der Waals surface area contributed by atoms with Gasteiger partial charge in [0.25, 0.3) is 0 Å². The second kappa shape index (κ2) is 6.62. The van der Waals surface area contributed by atoms with Crippen molar-refractivity contribution in [3.05, 3.63) is 41.1 Å². The molecule has 88 valence electrons. The number of aliphatic hydroxyl groups is 1. The van der Waals surface area contributed by atoms with Gasteiger partial charge in [0.1, 0.15) is 20.2 Å². The third-order valence-corrected chi connectivity index (χ3v) is 1.96. The van der Waals surface area contributed by atoms with E-state index in [0.29, 0.717) is 11.5 Å². The molecule has 0 spiro atoms. The van der Waals surface area contributed by atoms with E-state index in [1.165, 1.54) is 12.1 Å². The zero-order valence-electron chi connectivity index (χ0n) is 9.11. The predicted octanol–water partition coefficient (Wildman–Crippen LogP) is 0.920. The molecule has 1 aromatic carbocycles. The normalized spacial score (nSPS) is 11.2. The summed E-state index contributed by atoms with van der Waals surface area (Å²) >= 11 is 0. The summed E-state index contributed by atoms with van der Waals surface area (Å²) in [7, 11) is 1.30. The molecule has 0 saturated carbocycles. The highest BCUT2D eigenvalue weighted by atomic mass is 16.7. The second-order valence-electron chi connectivity index (χ2n) is 3.11. The Balaban J connectivity index is 2.68. The first kappa shape index (κ1) is 12.3. The Kier molecular flexibility index (Phi) is 5.07. The van der Waals surface area contributed by atoms with Crippen LogP contribution in [0, 0.1) is 5.21 Å². The molecular weight excluding hydrogens is 210 g/mol. The molecule has 0 atom stereocenters. The molecule has 1 N–H and O–H groups in total. The Hall–Kier alpha value is -1.82. The zero-order valence-corrected chi connectivity index (χ0v) is 9.11. The van der Waals surface area contributed by atoms with E-state index in [2.05, 4.69) is 10.1 Å². The molecular formula is C10H15N3O3. The van der Waals surface area contributed by atoms with Gasteiger partial charge in [-0.1, -0.05) is 30.3 Å². The Morgan fingerprint density at radius 3 is 2.69 bits per heavy atom. The van der Waals surface area contributed by atoms with E-state index in [-0.39, 0.29) is 13.2 Å². The first-order valence-corrected chi connectivity index (χ1v) is 4.89. The van der Waals surface area contributed by atoms with Crippen LogP contribution in [0.25, 0.3) is 0 Å². The summed E-state index contributed by atoms with van der Waals surface area (Å²) in [5.41, 5.74) is 0.961. The average Bonchev–Trinajstić information content (AvgIpc) is 2.30. The molecule has 0 unspecified atom stereocenters. The van der Waals surface area contributed by atoms with Crippen LogP contribution >= 0.6 is 0 Å². The van der Waals surface area contributed by atoms with E-state index < -0.39 is 0 Å². The lowest BCUT2D eigenvalue weighted by atomic mass is 10.2. The molecule has 0 amide bonds. The molecule has 0 saturated heterocycles. The zero-order chi connectivity index (χ0) is 11.8. The summed E-state index contributed by atoms with van der Waals surface area (Å²) in [5.74, 6) is 0. The molecule has 6 nitrogen and oxygen atoms in total. The van der Waals surface area contributed by atoms with E-state index in [1.807, 2.05) is 30.3 Å². The molecule has 0 aliphatic carbocycles. The largest absolute Gasteiger partial charge is 0.569 e. The lowest BCUT2D eigenvalue weighted by Gasteiger charge is -2.16. The molecule has 0 aliphatic rings. The van der Waals surface area contributed by atoms with Crippen LogP contribution in [-0.2, 0) is 11.4 Å². The fourth-order valence-corrected chi connectivity index (χ4v) is 1.26. The Morgan fingerprint density at radius 2 is 2.12 bits per heavy atom. The average molecular weight is 225 g/mol. The SMILES string of the molecule is CO/N=[N+](\[O-])N(CCO)Cc1ccccc1. The summed E-state index contributed by atoms with van der Waals surface area (Å²) in [6.45, 7) is 0.452. The van der Waals surface area contributed by atoms with Crippen LogP contribution in [0.3, 0.4) is 0 Å². The standard InChI is InChI=1S/C10H15N3O3/c1-16-11-13(15)12(7-8-14)9-10-5-3-2-4-6-10/h2-6,14H,7-9H2,1H3/b13-11-. The highest BCUT2D eigenvalue weighted by molar-refractivity contribution is 5.13. The van der Waals surface area contributed by atoms with Gasteiger partial charge in [0, 0.05) is 0 Å². The van der Waals surface area contributed by atoms with Gasteiger partial charge in [0.05, 0.1) is 11.6 Å². The van der Waals surface area contributed by atoms with E-state index in [0.717, 1.165) is 5.56 Å². The summed E-state index contributed by atoms with van der Waals surface area (Å²) in [4.78, 5) is 4.72. The van der Waals surface area contributed by atoms with Crippen molar-refractivity contribution in [3.8, 4) is 0 Å². The molecule has 1 rings (SSSR count). The molecule has 0 fully saturated rings. The van der Waals surface area contributed by atoms with Crippen molar-refractivity contribution in [2.45, 2.75) is 6.54 Å².